The number of hydrogen-bond acceptors (Lipinski definition) is 8. The van der Waals surface area contributed by atoms with Crippen LogP contribution in [0, 0.1) is 0 Å². The molecular weight excluding hydrogens is 460 g/mol. The summed E-state index contributed by atoms with van der Waals surface area (Å²) in [6.45, 7) is 2.11. The SMILES string of the molecule is Nc1ncc(-c2cccc(CNC(=O)C3COc4ccccc4O3)c2)nc1C(=O)NC1CCCNC1. The van der Waals surface area contributed by atoms with Gasteiger partial charge in [-0.25, -0.2) is 9.97 Å². The number of carbonyl (C=O) groups excluding carboxylic acids is 2. The van der Waals surface area contributed by atoms with Gasteiger partial charge in [-0.3, -0.25) is 9.59 Å². The van der Waals surface area contributed by atoms with Crippen molar-refractivity contribution in [2.45, 2.75) is 31.5 Å². The van der Waals surface area contributed by atoms with E-state index >= 15 is 0 Å². The molecule has 1 aromatic heterocycles. The maximum absolute atomic E-state index is 12.8. The molecule has 0 radical (unpaired) electrons. The van der Waals surface area contributed by atoms with Gasteiger partial charge < -0.3 is 31.2 Å². The lowest BCUT2D eigenvalue weighted by Gasteiger charge is -2.25. The summed E-state index contributed by atoms with van der Waals surface area (Å²) in [4.78, 5) is 34.1. The van der Waals surface area contributed by atoms with Gasteiger partial charge in [0.05, 0.1) is 11.9 Å². The number of ether oxygens (including phenoxy) is 2. The normalized spacial score (nSPS) is 18.8. The summed E-state index contributed by atoms with van der Waals surface area (Å²) in [6, 6.07) is 14.8. The molecule has 2 aromatic carbocycles. The molecule has 1 fully saturated rings. The first-order chi connectivity index (χ1) is 17.6. The van der Waals surface area contributed by atoms with E-state index in [-0.39, 0.29) is 36.0 Å². The molecule has 0 spiro atoms. The molecule has 36 heavy (non-hydrogen) atoms. The highest BCUT2D eigenvalue weighted by Gasteiger charge is 2.27. The van der Waals surface area contributed by atoms with Crippen LogP contribution < -0.4 is 31.2 Å². The summed E-state index contributed by atoms with van der Waals surface area (Å²) in [5.41, 5.74) is 8.20. The monoisotopic (exact) mass is 488 g/mol. The van der Waals surface area contributed by atoms with Crippen molar-refractivity contribution < 1.29 is 19.1 Å². The highest BCUT2D eigenvalue weighted by molar-refractivity contribution is 5.97. The van der Waals surface area contributed by atoms with E-state index < -0.39 is 6.10 Å². The molecule has 5 N–H and O–H groups in total. The number of hydrogen-bond donors (Lipinski definition) is 4. The van der Waals surface area contributed by atoms with Gasteiger partial charge in [0.15, 0.2) is 23.0 Å². The average Bonchev–Trinajstić information content (AvgIpc) is 2.92. The molecule has 2 aliphatic heterocycles. The topological polar surface area (TPSA) is 140 Å². The minimum atomic E-state index is -0.730. The maximum Gasteiger partial charge on any atom is 0.274 e. The molecule has 5 rings (SSSR count). The Kier molecular flexibility index (Phi) is 6.94. The maximum atomic E-state index is 12.8. The summed E-state index contributed by atoms with van der Waals surface area (Å²) >= 11 is 0. The Hall–Kier alpha value is -4.18. The van der Waals surface area contributed by atoms with Crippen molar-refractivity contribution in [1.82, 2.24) is 25.9 Å². The predicted octanol–water partition coefficient (Wildman–Crippen LogP) is 1.66. The Bertz CT molecular complexity index is 1260. The number of nitrogens with zero attached hydrogens (tertiary/aromatic N) is 2. The predicted molar refractivity (Wildman–Crippen MR) is 133 cm³/mol. The van der Waals surface area contributed by atoms with Gasteiger partial charge >= 0.3 is 0 Å². The van der Waals surface area contributed by atoms with Crippen molar-refractivity contribution in [3.05, 3.63) is 66.0 Å². The lowest BCUT2D eigenvalue weighted by atomic mass is 10.1. The molecule has 3 heterocycles. The molecule has 0 aliphatic carbocycles. The Balaban J connectivity index is 1.24. The summed E-state index contributed by atoms with van der Waals surface area (Å²) in [7, 11) is 0. The zero-order valence-electron chi connectivity index (χ0n) is 19.7. The van der Waals surface area contributed by atoms with Crippen LogP contribution in [-0.4, -0.2) is 53.6 Å². The molecule has 0 saturated carbocycles. The molecule has 3 aromatic rings. The van der Waals surface area contributed by atoms with Crippen LogP contribution in [0.25, 0.3) is 11.3 Å². The fourth-order valence-corrected chi connectivity index (χ4v) is 4.23. The molecule has 0 bridgehead atoms. The van der Waals surface area contributed by atoms with E-state index in [1.165, 1.54) is 6.20 Å². The molecule has 1 saturated heterocycles. The second-order valence-electron chi connectivity index (χ2n) is 8.79. The van der Waals surface area contributed by atoms with Gasteiger partial charge in [-0.15, -0.1) is 0 Å². The molecule has 2 aliphatic rings. The Labute approximate surface area is 208 Å². The van der Waals surface area contributed by atoms with Gasteiger partial charge in [0.2, 0.25) is 6.10 Å². The summed E-state index contributed by atoms with van der Waals surface area (Å²) in [5.74, 6) is 0.656. The number of piperidine rings is 1. The van der Waals surface area contributed by atoms with E-state index in [4.69, 9.17) is 15.2 Å². The van der Waals surface area contributed by atoms with Crippen LogP contribution in [0.2, 0.25) is 0 Å². The van der Waals surface area contributed by atoms with E-state index in [9.17, 15) is 9.59 Å². The fraction of sp³-hybridized carbons (Fsp3) is 0.308. The number of amides is 2. The largest absolute Gasteiger partial charge is 0.485 e. The van der Waals surface area contributed by atoms with Crippen LogP contribution >= 0.6 is 0 Å². The first-order valence-electron chi connectivity index (χ1n) is 12.0. The zero-order chi connectivity index (χ0) is 24.9. The Morgan fingerprint density at radius 3 is 2.83 bits per heavy atom. The minimum Gasteiger partial charge on any atom is -0.485 e. The van der Waals surface area contributed by atoms with Crippen molar-refractivity contribution in [2.75, 3.05) is 25.4 Å². The van der Waals surface area contributed by atoms with E-state index in [0.717, 1.165) is 37.1 Å². The van der Waals surface area contributed by atoms with Crippen LogP contribution in [0.4, 0.5) is 5.82 Å². The van der Waals surface area contributed by atoms with Crippen LogP contribution in [0.5, 0.6) is 11.5 Å². The molecule has 186 valence electrons. The first kappa shape index (κ1) is 23.6. The van der Waals surface area contributed by atoms with Gasteiger partial charge in [0, 0.05) is 24.7 Å². The van der Waals surface area contributed by atoms with Crippen LogP contribution in [0.1, 0.15) is 28.9 Å². The summed E-state index contributed by atoms with van der Waals surface area (Å²) < 4.78 is 11.4. The number of benzene rings is 2. The van der Waals surface area contributed by atoms with Crippen molar-refractivity contribution >= 4 is 17.6 Å². The highest BCUT2D eigenvalue weighted by Crippen LogP contribution is 2.31. The Morgan fingerprint density at radius 2 is 2.00 bits per heavy atom. The van der Waals surface area contributed by atoms with E-state index in [2.05, 4.69) is 25.9 Å². The third-order valence-corrected chi connectivity index (χ3v) is 6.14. The van der Waals surface area contributed by atoms with Crippen molar-refractivity contribution in [2.24, 2.45) is 0 Å². The molecule has 2 unspecified atom stereocenters. The molecule has 2 amide bonds. The van der Waals surface area contributed by atoms with Crippen molar-refractivity contribution in [3.63, 3.8) is 0 Å². The van der Waals surface area contributed by atoms with E-state index in [1.807, 2.05) is 36.4 Å². The van der Waals surface area contributed by atoms with Crippen LogP contribution in [-0.2, 0) is 11.3 Å². The van der Waals surface area contributed by atoms with E-state index in [0.29, 0.717) is 23.7 Å². The van der Waals surface area contributed by atoms with Crippen molar-refractivity contribution in [3.8, 4) is 22.8 Å². The number of anilines is 1. The summed E-state index contributed by atoms with van der Waals surface area (Å²) in [6.07, 6.45) is 2.72. The fourth-order valence-electron chi connectivity index (χ4n) is 4.23. The lowest BCUT2D eigenvalue weighted by molar-refractivity contribution is -0.130. The third kappa shape index (κ3) is 5.38. The van der Waals surface area contributed by atoms with Crippen molar-refractivity contribution in [1.29, 1.82) is 0 Å². The minimum absolute atomic E-state index is 0.0371. The number of para-hydroxylation sites is 2. The molecule has 10 nitrogen and oxygen atoms in total. The standard InChI is InChI=1S/C26H28N6O4/c27-24-23(26(34)31-18-7-4-10-28-13-18)32-19(14-29-24)17-6-3-5-16(11-17)12-30-25(33)22-15-35-20-8-1-2-9-21(20)36-22/h1-3,5-6,8-9,11,14,18,22,28H,4,7,10,12-13,15H2,(H2,27,29)(H,30,33)(H,31,34). The van der Waals surface area contributed by atoms with Gasteiger partial charge in [-0.2, -0.15) is 0 Å². The highest BCUT2D eigenvalue weighted by atomic mass is 16.6. The molecule has 10 heteroatoms. The number of nitrogen functional groups attached to an aromatic ring is 1. The third-order valence-electron chi connectivity index (χ3n) is 6.14. The van der Waals surface area contributed by atoms with E-state index in [1.54, 1.807) is 12.1 Å². The quantitative estimate of drug-likeness (QED) is 0.411. The van der Waals surface area contributed by atoms with Gasteiger partial charge in [0.1, 0.15) is 6.61 Å². The summed E-state index contributed by atoms with van der Waals surface area (Å²) in [5, 5.41) is 9.14. The lowest BCUT2D eigenvalue weighted by Crippen LogP contribution is -2.46. The van der Waals surface area contributed by atoms with Crippen LogP contribution in [0.3, 0.4) is 0 Å². The second kappa shape index (κ2) is 10.6. The number of carbonyl (C=O) groups is 2. The molecular formula is C26H28N6O4. The molecule has 2 atom stereocenters. The smallest absolute Gasteiger partial charge is 0.274 e. The van der Waals surface area contributed by atoms with Crippen LogP contribution in [0.15, 0.2) is 54.7 Å². The second-order valence-corrected chi connectivity index (χ2v) is 8.79. The number of nitrogens with one attached hydrogen (secondary N) is 3. The van der Waals surface area contributed by atoms with Gasteiger partial charge in [-0.05, 0) is 43.1 Å². The Morgan fingerprint density at radius 1 is 1.14 bits per heavy atom. The first-order valence-corrected chi connectivity index (χ1v) is 12.0. The number of nitrogens with two attached hydrogens (primary N) is 1. The number of rotatable bonds is 6. The number of fused-ring (bicyclic) bond motifs is 1. The number of aromatic nitrogens is 2. The average molecular weight is 489 g/mol. The van der Waals surface area contributed by atoms with Gasteiger partial charge in [0.25, 0.3) is 11.8 Å². The van der Waals surface area contributed by atoms with Gasteiger partial charge in [-0.1, -0.05) is 30.3 Å². The zero-order valence-corrected chi connectivity index (χ0v) is 19.7.